The molecule has 0 bridgehead atoms. The first-order valence-electron chi connectivity index (χ1n) is 6.68. The number of rotatable bonds is 5. The van der Waals surface area contributed by atoms with Gasteiger partial charge in [-0.3, -0.25) is 0 Å². The molecule has 1 aromatic carbocycles. The van der Waals surface area contributed by atoms with Gasteiger partial charge in [0, 0.05) is 28.9 Å². The van der Waals surface area contributed by atoms with Crippen LogP contribution in [0, 0.1) is 12.7 Å². The molecule has 0 aliphatic carbocycles. The van der Waals surface area contributed by atoms with Gasteiger partial charge in [-0.2, -0.15) is 0 Å². The summed E-state index contributed by atoms with van der Waals surface area (Å²) in [5, 5.41) is 7.27. The summed E-state index contributed by atoms with van der Waals surface area (Å²) in [6, 6.07) is 12.7. The lowest BCUT2D eigenvalue weighted by molar-refractivity contribution is 0.388. The maximum Gasteiger partial charge on any atom is 0.133 e. The minimum Gasteiger partial charge on any atom is -0.361 e. The maximum absolute atomic E-state index is 12.9. The predicted octanol–water partition coefficient (Wildman–Crippen LogP) is 4.56. The van der Waals surface area contributed by atoms with Gasteiger partial charge in [-0.15, -0.1) is 23.7 Å². The summed E-state index contributed by atoms with van der Waals surface area (Å²) >= 11 is 1.70. The highest BCUT2D eigenvalue weighted by molar-refractivity contribution is 7.15. The lowest BCUT2D eigenvalue weighted by atomic mass is 10.2. The van der Waals surface area contributed by atoms with E-state index >= 15 is 0 Å². The lowest BCUT2D eigenvalue weighted by Gasteiger charge is -1.99. The van der Waals surface area contributed by atoms with Crippen LogP contribution >= 0.6 is 23.7 Å². The van der Waals surface area contributed by atoms with E-state index in [-0.39, 0.29) is 18.2 Å². The molecule has 2 aromatic heterocycles. The van der Waals surface area contributed by atoms with Gasteiger partial charge < -0.3 is 9.84 Å². The van der Waals surface area contributed by atoms with Crippen molar-refractivity contribution in [2.75, 3.05) is 0 Å². The van der Waals surface area contributed by atoms with E-state index in [0.29, 0.717) is 6.54 Å². The highest BCUT2D eigenvalue weighted by Gasteiger charge is 2.04. The second-order valence-electron chi connectivity index (χ2n) is 4.81. The first kappa shape index (κ1) is 16.7. The molecule has 2 heterocycles. The van der Waals surface area contributed by atoms with E-state index < -0.39 is 0 Å². The quantitative estimate of drug-likeness (QED) is 0.741. The molecule has 22 heavy (non-hydrogen) atoms. The van der Waals surface area contributed by atoms with Crippen LogP contribution in [-0.2, 0) is 13.1 Å². The van der Waals surface area contributed by atoms with Crippen LogP contribution in [-0.4, -0.2) is 5.16 Å². The molecule has 0 radical (unpaired) electrons. The molecule has 0 fully saturated rings. The Balaban J connectivity index is 0.00000176. The van der Waals surface area contributed by atoms with Crippen LogP contribution in [0.1, 0.15) is 16.3 Å². The molecular formula is C16H16ClFN2OS. The number of aryl methyl sites for hydroxylation is 1. The first-order valence-corrected chi connectivity index (χ1v) is 7.50. The zero-order valence-corrected chi connectivity index (χ0v) is 13.6. The average molecular weight is 339 g/mol. The second-order valence-corrected chi connectivity index (χ2v) is 5.97. The number of thiophene rings is 1. The van der Waals surface area contributed by atoms with Gasteiger partial charge in [-0.1, -0.05) is 17.3 Å². The standard InChI is InChI=1S/C16H15FN2OS.ClH/c1-11-8-14(19-20-11)9-18-10-15-6-7-16(21-15)12-2-4-13(17)5-3-12;/h2-8,18H,9-10H2,1H3;1H. The van der Waals surface area contributed by atoms with Crippen LogP contribution in [0.2, 0.25) is 0 Å². The Bertz CT molecular complexity index is 724. The summed E-state index contributed by atoms with van der Waals surface area (Å²) < 4.78 is 17.9. The number of nitrogens with zero attached hydrogens (tertiary/aromatic N) is 1. The van der Waals surface area contributed by atoms with Gasteiger partial charge in [0.05, 0.1) is 5.69 Å². The summed E-state index contributed by atoms with van der Waals surface area (Å²) in [6.07, 6.45) is 0. The molecule has 3 nitrogen and oxygen atoms in total. The van der Waals surface area contributed by atoms with E-state index in [4.69, 9.17) is 4.52 Å². The van der Waals surface area contributed by atoms with E-state index in [1.54, 1.807) is 23.5 Å². The van der Waals surface area contributed by atoms with Gasteiger partial charge in [-0.05, 0) is 36.8 Å². The number of hydrogen-bond donors (Lipinski definition) is 1. The monoisotopic (exact) mass is 338 g/mol. The van der Waals surface area contributed by atoms with Gasteiger partial charge in [-0.25, -0.2) is 4.39 Å². The average Bonchev–Trinajstić information content (AvgIpc) is 3.09. The van der Waals surface area contributed by atoms with Gasteiger partial charge in [0.15, 0.2) is 0 Å². The van der Waals surface area contributed by atoms with Crippen molar-refractivity contribution in [2.45, 2.75) is 20.0 Å². The predicted molar refractivity (Wildman–Crippen MR) is 88.7 cm³/mol. The van der Waals surface area contributed by atoms with Crippen molar-refractivity contribution in [3.63, 3.8) is 0 Å². The Morgan fingerprint density at radius 1 is 1.14 bits per heavy atom. The molecule has 0 spiro atoms. The Kier molecular flexibility index (Phi) is 5.71. The zero-order chi connectivity index (χ0) is 14.7. The van der Waals surface area contributed by atoms with Crippen LogP contribution in [0.25, 0.3) is 10.4 Å². The van der Waals surface area contributed by atoms with Crippen LogP contribution in [0.4, 0.5) is 4.39 Å². The normalized spacial score (nSPS) is 10.5. The molecule has 1 N–H and O–H groups in total. The van der Waals surface area contributed by atoms with Crippen molar-refractivity contribution in [3.8, 4) is 10.4 Å². The van der Waals surface area contributed by atoms with E-state index in [9.17, 15) is 4.39 Å². The molecule has 0 aliphatic rings. The van der Waals surface area contributed by atoms with Gasteiger partial charge >= 0.3 is 0 Å². The van der Waals surface area contributed by atoms with Crippen LogP contribution in [0.15, 0.2) is 47.0 Å². The largest absolute Gasteiger partial charge is 0.361 e. The Labute approximate surface area is 138 Å². The highest BCUT2D eigenvalue weighted by Crippen LogP contribution is 2.28. The number of benzene rings is 1. The van der Waals surface area contributed by atoms with Crippen LogP contribution in [0.3, 0.4) is 0 Å². The number of hydrogen-bond acceptors (Lipinski definition) is 4. The fourth-order valence-electron chi connectivity index (χ4n) is 2.06. The number of aromatic nitrogens is 1. The Hall–Kier alpha value is -1.69. The number of halogens is 2. The molecule has 0 saturated heterocycles. The third kappa shape index (κ3) is 4.16. The first-order chi connectivity index (χ1) is 10.2. The number of nitrogens with one attached hydrogen (secondary N) is 1. The summed E-state index contributed by atoms with van der Waals surface area (Å²) in [6.45, 7) is 3.34. The molecule has 0 amide bonds. The van der Waals surface area contributed by atoms with E-state index in [1.807, 2.05) is 13.0 Å². The van der Waals surface area contributed by atoms with Crippen molar-refractivity contribution >= 4 is 23.7 Å². The summed E-state index contributed by atoms with van der Waals surface area (Å²) in [7, 11) is 0. The van der Waals surface area contributed by atoms with Gasteiger partial charge in [0.1, 0.15) is 11.6 Å². The molecule has 0 atom stereocenters. The minimum absolute atomic E-state index is 0. The molecule has 6 heteroatoms. The topological polar surface area (TPSA) is 38.1 Å². The Morgan fingerprint density at radius 3 is 2.59 bits per heavy atom. The summed E-state index contributed by atoms with van der Waals surface area (Å²) in [5.74, 6) is 0.613. The minimum atomic E-state index is -0.208. The third-order valence-corrected chi connectivity index (χ3v) is 4.21. The molecule has 3 rings (SSSR count). The summed E-state index contributed by atoms with van der Waals surface area (Å²) in [5.41, 5.74) is 1.95. The molecule has 0 saturated carbocycles. The molecule has 116 valence electrons. The van der Waals surface area contributed by atoms with Crippen LogP contribution < -0.4 is 5.32 Å². The van der Waals surface area contributed by atoms with E-state index in [1.165, 1.54) is 17.0 Å². The molecular weight excluding hydrogens is 323 g/mol. The van der Waals surface area contributed by atoms with Crippen molar-refractivity contribution in [2.24, 2.45) is 0 Å². The van der Waals surface area contributed by atoms with Gasteiger partial charge in [0.25, 0.3) is 0 Å². The van der Waals surface area contributed by atoms with Crippen molar-refractivity contribution in [1.82, 2.24) is 10.5 Å². The fourth-order valence-corrected chi connectivity index (χ4v) is 3.04. The van der Waals surface area contributed by atoms with Crippen molar-refractivity contribution in [1.29, 1.82) is 0 Å². The zero-order valence-electron chi connectivity index (χ0n) is 12.0. The third-order valence-electron chi connectivity index (χ3n) is 3.07. The van der Waals surface area contributed by atoms with Gasteiger partial charge in [0.2, 0.25) is 0 Å². The molecule has 0 aliphatic heterocycles. The molecule has 3 aromatic rings. The van der Waals surface area contributed by atoms with E-state index in [2.05, 4.69) is 22.6 Å². The van der Waals surface area contributed by atoms with Crippen LogP contribution in [0.5, 0.6) is 0 Å². The fraction of sp³-hybridized carbons (Fsp3) is 0.188. The summed E-state index contributed by atoms with van der Waals surface area (Å²) in [4.78, 5) is 2.37. The highest BCUT2D eigenvalue weighted by atomic mass is 35.5. The second kappa shape index (κ2) is 7.54. The van der Waals surface area contributed by atoms with Crippen molar-refractivity contribution in [3.05, 3.63) is 64.6 Å². The smallest absolute Gasteiger partial charge is 0.133 e. The lowest BCUT2D eigenvalue weighted by Crippen LogP contribution is -2.11. The SMILES string of the molecule is Cc1cc(CNCc2ccc(-c3ccc(F)cc3)s2)no1.Cl. The van der Waals surface area contributed by atoms with Crippen molar-refractivity contribution < 1.29 is 8.91 Å². The maximum atomic E-state index is 12.9. The molecule has 0 unspecified atom stereocenters. The van der Waals surface area contributed by atoms with E-state index in [0.717, 1.165) is 28.4 Å². The Morgan fingerprint density at radius 2 is 1.91 bits per heavy atom.